The van der Waals surface area contributed by atoms with Gasteiger partial charge in [-0.2, -0.15) is 0 Å². The van der Waals surface area contributed by atoms with E-state index in [2.05, 4.69) is 5.32 Å². The standard InChI is InChI=1S/C22H19ClN2O3/c23-17-9-5-4-8-16(17)19-10-11-20(28-19)22(27)25-13-12-24-21(26)14-18(25)15-6-2-1-3-7-15/h1-11,18H,12-14H2,(H,24,26)/t18-/m0/s1. The average molecular weight is 395 g/mol. The largest absolute Gasteiger partial charge is 0.451 e. The molecule has 2 heterocycles. The van der Waals surface area contributed by atoms with Gasteiger partial charge in [0, 0.05) is 18.7 Å². The Labute approximate surface area is 167 Å². The van der Waals surface area contributed by atoms with E-state index in [0.29, 0.717) is 23.9 Å². The summed E-state index contributed by atoms with van der Waals surface area (Å²) in [7, 11) is 0. The highest BCUT2D eigenvalue weighted by Gasteiger charge is 2.31. The third kappa shape index (κ3) is 3.66. The van der Waals surface area contributed by atoms with Gasteiger partial charge in [0.1, 0.15) is 5.76 Å². The van der Waals surface area contributed by atoms with Crippen molar-refractivity contribution in [2.45, 2.75) is 12.5 Å². The fraction of sp³-hybridized carbons (Fsp3) is 0.182. The van der Waals surface area contributed by atoms with Gasteiger partial charge in [-0.1, -0.05) is 54.1 Å². The molecule has 1 saturated heterocycles. The predicted octanol–water partition coefficient (Wildman–Crippen LogP) is 4.30. The molecule has 0 unspecified atom stereocenters. The molecule has 1 fully saturated rings. The summed E-state index contributed by atoms with van der Waals surface area (Å²) in [5, 5.41) is 3.40. The molecule has 1 aliphatic heterocycles. The lowest BCUT2D eigenvalue weighted by atomic mass is 10.0. The van der Waals surface area contributed by atoms with Crippen molar-refractivity contribution in [1.82, 2.24) is 10.2 Å². The van der Waals surface area contributed by atoms with E-state index in [9.17, 15) is 9.59 Å². The van der Waals surface area contributed by atoms with Gasteiger partial charge in [-0.05, 0) is 29.8 Å². The molecule has 0 aliphatic carbocycles. The zero-order valence-electron chi connectivity index (χ0n) is 15.1. The van der Waals surface area contributed by atoms with E-state index in [0.717, 1.165) is 11.1 Å². The summed E-state index contributed by atoms with van der Waals surface area (Å²) < 4.78 is 5.84. The first-order chi connectivity index (χ1) is 13.6. The van der Waals surface area contributed by atoms with Crippen LogP contribution in [-0.4, -0.2) is 29.8 Å². The Bertz CT molecular complexity index is 1000. The molecule has 6 heteroatoms. The van der Waals surface area contributed by atoms with Crippen molar-refractivity contribution in [3.8, 4) is 11.3 Å². The Balaban J connectivity index is 1.65. The van der Waals surface area contributed by atoms with Crippen molar-refractivity contribution in [2.75, 3.05) is 13.1 Å². The van der Waals surface area contributed by atoms with Crippen LogP contribution in [0.25, 0.3) is 11.3 Å². The third-order valence-electron chi connectivity index (χ3n) is 4.83. The number of benzene rings is 2. The van der Waals surface area contributed by atoms with Gasteiger partial charge in [-0.25, -0.2) is 0 Å². The molecule has 4 rings (SSSR count). The van der Waals surface area contributed by atoms with Crippen LogP contribution in [-0.2, 0) is 4.79 Å². The molecule has 28 heavy (non-hydrogen) atoms. The average Bonchev–Trinajstić information content (AvgIpc) is 3.12. The van der Waals surface area contributed by atoms with Crippen LogP contribution < -0.4 is 5.32 Å². The Morgan fingerprint density at radius 2 is 1.79 bits per heavy atom. The highest BCUT2D eigenvalue weighted by atomic mass is 35.5. The Morgan fingerprint density at radius 3 is 2.57 bits per heavy atom. The van der Waals surface area contributed by atoms with Crippen molar-refractivity contribution >= 4 is 23.4 Å². The Morgan fingerprint density at radius 1 is 1.04 bits per heavy atom. The number of carbonyl (C=O) groups excluding carboxylic acids is 2. The van der Waals surface area contributed by atoms with Crippen LogP contribution in [0.1, 0.15) is 28.6 Å². The number of hydrogen-bond acceptors (Lipinski definition) is 3. The number of furan rings is 1. The number of halogens is 1. The maximum Gasteiger partial charge on any atom is 0.290 e. The smallest absolute Gasteiger partial charge is 0.290 e. The monoisotopic (exact) mass is 394 g/mol. The van der Waals surface area contributed by atoms with Crippen molar-refractivity contribution in [2.24, 2.45) is 0 Å². The predicted molar refractivity (Wildman–Crippen MR) is 107 cm³/mol. The van der Waals surface area contributed by atoms with Crippen LogP contribution in [0.4, 0.5) is 0 Å². The quantitative estimate of drug-likeness (QED) is 0.720. The number of rotatable bonds is 3. The highest BCUT2D eigenvalue weighted by molar-refractivity contribution is 6.33. The van der Waals surface area contributed by atoms with Crippen molar-refractivity contribution < 1.29 is 14.0 Å². The zero-order valence-corrected chi connectivity index (χ0v) is 15.9. The van der Waals surface area contributed by atoms with Crippen LogP contribution in [0.15, 0.2) is 71.1 Å². The molecule has 1 aromatic heterocycles. The minimum Gasteiger partial charge on any atom is -0.451 e. The van der Waals surface area contributed by atoms with Crippen LogP contribution in [0, 0.1) is 0 Å². The fourth-order valence-electron chi connectivity index (χ4n) is 3.45. The van der Waals surface area contributed by atoms with Gasteiger partial charge in [0.15, 0.2) is 5.76 Å². The summed E-state index contributed by atoms with van der Waals surface area (Å²) in [4.78, 5) is 27.0. The number of hydrogen-bond donors (Lipinski definition) is 1. The van der Waals surface area contributed by atoms with E-state index in [1.165, 1.54) is 0 Å². The molecular formula is C22H19ClN2O3. The summed E-state index contributed by atoms with van der Waals surface area (Å²) in [5.74, 6) is 0.448. The van der Waals surface area contributed by atoms with Crippen LogP contribution in [0.5, 0.6) is 0 Å². The summed E-state index contributed by atoms with van der Waals surface area (Å²) in [6.45, 7) is 0.818. The van der Waals surface area contributed by atoms with Gasteiger partial charge < -0.3 is 14.6 Å². The molecule has 0 radical (unpaired) electrons. The van der Waals surface area contributed by atoms with E-state index in [1.54, 1.807) is 23.1 Å². The SMILES string of the molecule is O=C1C[C@@H](c2ccccc2)N(C(=O)c2ccc(-c3ccccc3Cl)o2)CCN1. The minimum atomic E-state index is -0.343. The minimum absolute atomic E-state index is 0.0691. The van der Waals surface area contributed by atoms with E-state index in [4.69, 9.17) is 16.0 Å². The molecule has 2 amide bonds. The second-order valence-electron chi connectivity index (χ2n) is 6.62. The third-order valence-corrected chi connectivity index (χ3v) is 5.16. The van der Waals surface area contributed by atoms with Gasteiger partial charge in [0.25, 0.3) is 5.91 Å². The number of carbonyl (C=O) groups is 2. The van der Waals surface area contributed by atoms with E-state index < -0.39 is 0 Å². The van der Waals surface area contributed by atoms with Gasteiger partial charge in [0.2, 0.25) is 5.91 Å². The first kappa shape index (κ1) is 18.3. The maximum absolute atomic E-state index is 13.2. The molecule has 0 saturated carbocycles. The molecule has 1 N–H and O–H groups in total. The second kappa shape index (κ2) is 7.90. The van der Waals surface area contributed by atoms with Crippen molar-refractivity contribution in [3.05, 3.63) is 83.1 Å². The molecule has 0 bridgehead atoms. The lowest BCUT2D eigenvalue weighted by molar-refractivity contribution is -0.121. The molecule has 142 valence electrons. The summed E-state index contributed by atoms with van der Waals surface area (Å²) in [5.41, 5.74) is 1.65. The van der Waals surface area contributed by atoms with Gasteiger partial charge in [-0.15, -0.1) is 0 Å². The molecule has 2 aromatic carbocycles. The summed E-state index contributed by atoms with van der Waals surface area (Å²) in [6, 6.07) is 20.0. The molecule has 1 aliphatic rings. The molecule has 1 atom stereocenters. The van der Waals surface area contributed by atoms with Crippen molar-refractivity contribution in [3.63, 3.8) is 0 Å². The van der Waals surface area contributed by atoms with Crippen LogP contribution >= 0.6 is 11.6 Å². The highest BCUT2D eigenvalue weighted by Crippen LogP contribution is 2.31. The van der Waals surface area contributed by atoms with Gasteiger partial charge in [0.05, 0.1) is 17.5 Å². The first-order valence-electron chi connectivity index (χ1n) is 9.11. The topological polar surface area (TPSA) is 62.6 Å². The normalized spacial score (nSPS) is 17.1. The van der Waals surface area contributed by atoms with Gasteiger partial charge >= 0.3 is 0 Å². The van der Waals surface area contributed by atoms with Crippen LogP contribution in [0.2, 0.25) is 5.02 Å². The van der Waals surface area contributed by atoms with Crippen molar-refractivity contribution in [1.29, 1.82) is 0 Å². The number of nitrogens with zero attached hydrogens (tertiary/aromatic N) is 1. The lowest BCUT2D eigenvalue weighted by Crippen LogP contribution is -2.36. The number of amides is 2. The zero-order chi connectivity index (χ0) is 19.5. The van der Waals surface area contributed by atoms with Gasteiger partial charge in [-0.3, -0.25) is 9.59 Å². The van der Waals surface area contributed by atoms with Crippen LogP contribution in [0.3, 0.4) is 0 Å². The summed E-state index contributed by atoms with van der Waals surface area (Å²) >= 11 is 6.24. The molecular weight excluding hydrogens is 376 g/mol. The lowest BCUT2D eigenvalue weighted by Gasteiger charge is -2.28. The maximum atomic E-state index is 13.2. The number of nitrogens with one attached hydrogen (secondary N) is 1. The Kier molecular flexibility index (Phi) is 5.17. The van der Waals surface area contributed by atoms with E-state index in [-0.39, 0.29) is 30.0 Å². The molecule has 0 spiro atoms. The van der Waals surface area contributed by atoms with E-state index >= 15 is 0 Å². The fourth-order valence-corrected chi connectivity index (χ4v) is 3.67. The summed E-state index contributed by atoms with van der Waals surface area (Å²) in [6.07, 6.45) is 0.216. The first-order valence-corrected chi connectivity index (χ1v) is 9.48. The molecule has 5 nitrogen and oxygen atoms in total. The second-order valence-corrected chi connectivity index (χ2v) is 7.03. The Hall–Kier alpha value is -3.05. The van der Waals surface area contributed by atoms with E-state index in [1.807, 2.05) is 48.5 Å². The molecule has 3 aromatic rings.